The van der Waals surface area contributed by atoms with Gasteiger partial charge in [-0.25, -0.2) is 9.97 Å². The van der Waals surface area contributed by atoms with Crippen LogP contribution in [0.2, 0.25) is 0 Å². The van der Waals surface area contributed by atoms with Gasteiger partial charge in [-0.3, -0.25) is 4.40 Å². The van der Waals surface area contributed by atoms with Crippen molar-refractivity contribution < 1.29 is 0 Å². The van der Waals surface area contributed by atoms with Crippen LogP contribution in [-0.2, 0) is 0 Å². The SMILES string of the molecule is CC.CC.Cc1ncc2ccccn12.Cc1ncc2sccn12. The van der Waals surface area contributed by atoms with Crippen LogP contribution in [0.15, 0.2) is 48.4 Å². The summed E-state index contributed by atoms with van der Waals surface area (Å²) in [5, 5.41) is 2.06. The van der Waals surface area contributed by atoms with Crippen molar-refractivity contribution >= 4 is 21.7 Å². The smallest absolute Gasteiger partial charge is 0.119 e. The number of imidazole rings is 2. The van der Waals surface area contributed by atoms with E-state index < -0.39 is 0 Å². The van der Waals surface area contributed by atoms with Gasteiger partial charge in [0.25, 0.3) is 0 Å². The number of aromatic nitrogens is 4. The fourth-order valence-electron chi connectivity index (χ4n) is 1.94. The molecule has 0 bridgehead atoms. The van der Waals surface area contributed by atoms with Crippen molar-refractivity contribution in [3.05, 3.63) is 60.0 Å². The quantitative estimate of drug-likeness (QED) is 0.433. The molecule has 0 atom stereocenters. The van der Waals surface area contributed by atoms with E-state index in [9.17, 15) is 0 Å². The van der Waals surface area contributed by atoms with E-state index >= 15 is 0 Å². The largest absolute Gasteiger partial charge is 0.304 e. The fourth-order valence-corrected chi connectivity index (χ4v) is 2.68. The average molecular weight is 331 g/mol. The van der Waals surface area contributed by atoms with Gasteiger partial charge in [-0.1, -0.05) is 33.8 Å². The Hall–Kier alpha value is -2.14. The zero-order chi connectivity index (χ0) is 17.2. The number of hydrogen-bond acceptors (Lipinski definition) is 3. The molecular weight excluding hydrogens is 304 g/mol. The number of nitrogens with zero attached hydrogens (tertiary/aromatic N) is 4. The molecule has 0 spiro atoms. The van der Waals surface area contributed by atoms with Crippen LogP contribution in [-0.4, -0.2) is 18.8 Å². The Morgan fingerprint density at radius 2 is 1.48 bits per heavy atom. The number of aryl methyl sites for hydroxylation is 2. The van der Waals surface area contributed by atoms with Gasteiger partial charge < -0.3 is 4.40 Å². The lowest BCUT2D eigenvalue weighted by molar-refractivity contribution is 1.04. The topological polar surface area (TPSA) is 34.6 Å². The van der Waals surface area contributed by atoms with Gasteiger partial charge in [-0.15, -0.1) is 11.3 Å². The lowest BCUT2D eigenvalue weighted by Gasteiger charge is -1.91. The normalized spacial score (nSPS) is 9.30. The van der Waals surface area contributed by atoms with Gasteiger partial charge in [0.1, 0.15) is 16.5 Å². The maximum atomic E-state index is 4.16. The van der Waals surface area contributed by atoms with Gasteiger partial charge in [0, 0.05) is 17.8 Å². The molecule has 0 saturated heterocycles. The van der Waals surface area contributed by atoms with E-state index in [-0.39, 0.29) is 0 Å². The standard InChI is InChI=1S/C8H8N2.C6H6N2S.2C2H6/c1-7-9-6-8-4-2-3-5-10(7)8;1-5-7-4-6-8(5)2-3-9-6;2*1-2/h2-6H,1H3;2-4H,1H3;2*1-2H3. The molecule has 0 aliphatic carbocycles. The van der Waals surface area contributed by atoms with Crippen molar-refractivity contribution in [2.45, 2.75) is 41.5 Å². The van der Waals surface area contributed by atoms with Crippen LogP contribution in [0.4, 0.5) is 0 Å². The molecule has 0 fully saturated rings. The molecule has 0 N–H and O–H groups in total. The van der Waals surface area contributed by atoms with E-state index in [1.165, 1.54) is 4.83 Å². The molecular formula is C18H26N4S. The first-order chi connectivity index (χ1) is 11.3. The van der Waals surface area contributed by atoms with Crippen molar-refractivity contribution in [1.29, 1.82) is 0 Å². The average Bonchev–Trinajstić information content (AvgIpc) is 3.32. The Balaban J connectivity index is 0.000000190. The van der Waals surface area contributed by atoms with Crippen molar-refractivity contribution in [3.8, 4) is 0 Å². The molecule has 4 heterocycles. The van der Waals surface area contributed by atoms with Crippen LogP contribution in [0.25, 0.3) is 10.3 Å². The number of pyridine rings is 1. The highest BCUT2D eigenvalue weighted by atomic mass is 32.1. The third kappa shape index (κ3) is 4.66. The molecule has 5 heteroatoms. The van der Waals surface area contributed by atoms with Gasteiger partial charge >= 0.3 is 0 Å². The maximum absolute atomic E-state index is 4.16. The summed E-state index contributed by atoms with van der Waals surface area (Å²) in [6.45, 7) is 12.0. The molecule has 0 aliphatic rings. The van der Waals surface area contributed by atoms with E-state index in [2.05, 4.69) is 24.1 Å². The van der Waals surface area contributed by atoms with Crippen molar-refractivity contribution in [2.24, 2.45) is 0 Å². The van der Waals surface area contributed by atoms with Gasteiger partial charge in [-0.05, 0) is 26.0 Å². The molecule has 124 valence electrons. The van der Waals surface area contributed by atoms with Gasteiger partial charge in [-0.2, -0.15) is 0 Å². The molecule has 0 unspecified atom stereocenters. The number of hydrogen-bond donors (Lipinski definition) is 0. The fraction of sp³-hybridized carbons (Fsp3) is 0.333. The summed E-state index contributed by atoms with van der Waals surface area (Å²) in [4.78, 5) is 9.50. The summed E-state index contributed by atoms with van der Waals surface area (Å²) in [6.07, 6.45) is 7.80. The zero-order valence-electron chi connectivity index (χ0n) is 14.8. The first-order valence-electron chi connectivity index (χ1n) is 8.01. The second-order valence-electron chi connectivity index (χ2n) is 4.22. The Kier molecular flexibility index (Phi) is 8.05. The van der Waals surface area contributed by atoms with Crippen LogP contribution in [0.3, 0.4) is 0 Å². The summed E-state index contributed by atoms with van der Waals surface area (Å²) in [7, 11) is 0. The first kappa shape index (κ1) is 18.9. The third-order valence-corrected chi connectivity index (χ3v) is 3.77. The monoisotopic (exact) mass is 330 g/mol. The minimum Gasteiger partial charge on any atom is -0.304 e. The lowest BCUT2D eigenvalue weighted by Crippen LogP contribution is -1.84. The molecule has 0 aliphatic heterocycles. The second-order valence-corrected chi connectivity index (χ2v) is 5.14. The Bertz CT molecular complexity index is 810. The third-order valence-electron chi connectivity index (χ3n) is 2.97. The number of fused-ring (bicyclic) bond motifs is 2. The highest BCUT2D eigenvalue weighted by Gasteiger charge is 1.95. The molecule has 0 amide bonds. The summed E-state index contributed by atoms with van der Waals surface area (Å²) in [5.41, 5.74) is 1.15. The van der Waals surface area contributed by atoms with E-state index in [4.69, 9.17) is 0 Å². The van der Waals surface area contributed by atoms with Crippen LogP contribution in [0, 0.1) is 13.8 Å². The predicted octanol–water partition coefficient (Wildman–Crippen LogP) is 5.40. The first-order valence-corrected chi connectivity index (χ1v) is 8.89. The molecule has 4 rings (SSSR count). The number of rotatable bonds is 0. The molecule has 0 radical (unpaired) electrons. The molecule has 0 saturated carbocycles. The van der Waals surface area contributed by atoms with E-state index in [0.29, 0.717) is 0 Å². The minimum atomic E-state index is 1.04. The maximum Gasteiger partial charge on any atom is 0.119 e. The molecule has 4 nitrogen and oxygen atoms in total. The summed E-state index contributed by atoms with van der Waals surface area (Å²) < 4.78 is 4.13. The lowest BCUT2D eigenvalue weighted by atomic mass is 10.4. The highest BCUT2D eigenvalue weighted by molar-refractivity contribution is 7.15. The van der Waals surface area contributed by atoms with Crippen LogP contribution in [0.5, 0.6) is 0 Å². The highest BCUT2D eigenvalue weighted by Crippen LogP contribution is 2.11. The van der Waals surface area contributed by atoms with E-state index in [1.54, 1.807) is 11.3 Å². The molecule has 4 aromatic heterocycles. The van der Waals surface area contributed by atoms with Gasteiger partial charge in [0.15, 0.2) is 0 Å². The number of thiazole rings is 1. The summed E-state index contributed by atoms with van der Waals surface area (Å²) in [5.74, 6) is 2.10. The van der Waals surface area contributed by atoms with Crippen LogP contribution < -0.4 is 0 Å². The molecule has 4 aromatic rings. The summed E-state index contributed by atoms with van der Waals surface area (Å²) >= 11 is 1.71. The Morgan fingerprint density at radius 1 is 0.826 bits per heavy atom. The molecule has 23 heavy (non-hydrogen) atoms. The van der Waals surface area contributed by atoms with Gasteiger partial charge in [0.2, 0.25) is 0 Å². The van der Waals surface area contributed by atoms with Crippen LogP contribution in [0.1, 0.15) is 39.3 Å². The van der Waals surface area contributed by atoms with E-state index in [1.807, 2.05) is 84.5 Å². The Morgan fingerprint density at radius 3 is 2.13 bits per heavy atom. The Labute approximate surface area is 142 Å². The van der Waals surface area contributed by atoms with Crippen LogP contribution >= 0.6 is 11.3 Å². The summed E-state index contributed by atoms with van der Waals surface area (Å²) in [6, 6.07) is 6.05. The van der Waals surface area contributed by atoms with Gasteiger partial charge in [0.05, 0.1) is 17.9 Å². The zero-order valence-corrected chi connectivity index (χ0v) is 15.6. The minimum absolute atomic E-state index is 1.04. The van der Waals surface area contributed by atoms with Crippen molar-refractivity contribution in [1.82, 2.24) is 18.8 Å². The predicted molar refractivity (Wildman–Crippen MR) is 100 cm³/mol. The molecule has 0 aromatic carbocycles. The van der Waals surface area contributed by atoms with Crippen molar-refractivity contribution in [2.75, 3.05) is 0 Å². The van der Waals surface area contributed by atoms with E-state index in [0.717, 1.165) is 17.2 Å². The van der Waals surface area contributed by atoms with Crippen molar-refractivity contribution in [3.63, 3.8) is 0 Å². The second kappa shape index (κ2) is 9.79.